The van der Waals surface area contributed by atoms with Crippen molar-refractivity contribution in [2.24, 2.45) is 5.10 Å². The van der Waals surface area contributed by atoms with Crippen molar-refractivity contribution in [3.05, 3.63) is 102 Å². The summed E-state index contributed by atoms with van der Waals surface area (Å²) in [6.07, 6.45) is 1.71. The van der Waals surface area contributed by atoms with Crippen LogP contribution in [0.1, 0.15) is 21.6 Å². The van der Waals surface area contributed by atoms with Crippen molar-refractivity contribution < 1.29 is 4.79 Å². The average Bonchev–Trinajstić information content (AvgIpc) is 3.29. The highest BCUT2D eigenvalue weighted by atomic mass is 16.2. The van der Waals surface area contributed by atoms with Crippen LogP contribution in [0.25, 0.3) is 32.8 Å². The first-order chi connectivity index (χ1) is 15.2. The van der Waals surface area contributed by atoms with Crippen LogP contribution in [0.5, 0.6) is 0 Å². The zero-order valence-corrected chi connectivity index (χ0v) is 17.0. The molecular weight excluding hydrogens is 384 g/mol. The SMILES string of the molecule is Cc1ccc(-c2cc(C(=O)NN=Cc3c4ccccc4cc4ccccc34)[nH]n2)cc1. The summed E-state index contributed by atoms with van der Waals surface area (Å²) >= 11 is 0. The second kappa shape index (κ2) is 7.88. The maximum absolute atomic E-state index is 12.6. The zero-order chi connectivity index (χ0) is 21.2. The van der Waals surface area contributed by atoms with Crippen LogP contribution in [0.2, 0.25) is 0 Å². The Morgan fingerprint density at radius 2 is 1.55 bits per heavy atom. The molecule has 2 N–H and O–H groups in total. The molecule has 1 amide bonds. The molecule has 0 fully saturated rings. The van der Waals surface area contributed by atoms with E-state index in [9.17, 15) is 4.79 Å². The van der Waals surface area contributed by atoms with Crippen LogP contribution in [0.3, 0.4) is 0 Å². The number of H-pyrrole nitrogens is 1. The molecule has 5 aromatic rings. The third-order valence-corrected chi connectivity index (χ3v) is 5.34. The monoisotopic (exact) mass is 404 g/mol. The van der Waals surface area contributed by atoms with E-state index in [2.05, 4.69) is 51.1 Å². The molecule has 0 spiro atoms. The fraction of sp³-hybridized carbons (Fsp3) is 0.0385. The van der Waals surface area contributed by atoms with Gasteiger partial charge in [0, 0.05) is 11.1 Å². The van der Waals surface area contributed by atoms with Crippen molar-refractivity contribution in [1.82, 2.24) is 15.6 Å². The summed E-state index contributed by atoms with van der Waals surface area (Å²) in [7, 11) is 0. The molecular formula is C26H20N4O. The fourth-order valence-electron chi connectivity index (χ4n) is 3.71. The predicted molar refractivity (Wildman–Crippen MR) is 125 cm³/mol. The number of rotatable bonds is 4. The van der Waals surface area contributed by atoms with Crippen LogP contribution >= 0.6 is 0 Å². The van der Waals surface area contributed by atoms with E-state index in [1.165, 1.54) is 5.56 Å². The number of fused-ring (bicyclic) bond motifs is 2. The largest absolute Gasteiger partial charge is 0.289 e. The van der Waals surface area contributed by atoms with Crippen LogP contribution in [-0.2, 0) is 0 Å². The van der Waals surface area contributed by atoms with Gasteiger partial charge in [0.15, 0.2) is 0 Å². The molecule has 5 heteroatoms. The van der Waals surface area contributed by atoms with Crippen LogP contribution in [0.15, 0.2) is 90.0 Å². The third-order valence-electron chi connectivity index (χ3n) is 5.34. The van der Waals surface area contributed by atoms with Gasteiger partial charge in [0.2, 0.25) is 0 Å². The van der Waals surface area contributed by atoms with Crippen molar-refractivity contribution >= 4 is 33.7 Å². The topological polar surface area (TPSA) is 70.1 Å². The van der Waals surface area contributed by atoms with Crippen molar-refractivity contribution in [2.75, 3.05) is 0 Å². The number of carbonyl (C=O) groups is 1. The van der Waals surface area contributed by atoms with E-state index in [1.54, 1.807) is 12.3 Å². The van der Waals surface area contributed by atoms with Gasteiger partial charge in [-0.1, -0.05) is 78.4 Å². The number of hydrogen-bond donors (Lipinski definition) is 2. The number of aromatic amines is 1. The number of hydrogen-bond acceptors (Lipinski definition) is 3. The van der Waals surface area contributed by atoms with Crippen LogP contribution in [0, 0.1) is 6.92 Å². The van der Waals surface area contributed by atoms with E-state index in [0.717, 1.165) is 32.7 Å². The van der Waals surface area contributed by atoms with Gasteiger partial charge in [-0.3, -0.25) is 9.89 Å². The van der Waals surface area contributed by atoms with E-state index in [-0.39, 0.29) is 5.91 Å². The Labute approximate surface area is 179 Å². The second-order valence-corrected chi connectivity index (χ2v) is 7.46. The number of carbonyl (C=O) groups excluding carboxylic acids is 1. The summed E-state index contributed by atoms with van der Waals surface area (Å²) < 4.78 is 0. The molecule has 0 atom stereocenters. The molecule has 4 aromatic carbocycles. The van der Waals surface area contributed by atoms with Crippen molar-refractivity contribution in [3.8, 4) is 11.3 Å². The first kappa shape index (κ1) is 18.8. The fourth-order valence-corrected chi connectivity index (χ4v) is 3.71. The van der Waals surface area contributed by atoms with Crippen LogP contribution < -0.4 is 5.43 Å². The summed E-state index contributed by atoms with van der Waals surface area (Å²) in [5.41, 5.74) is 6.78. The summed E-state index contributed by atoms with van der Waals surface area (Å²) in [6.45, 7) is 2.03. The smallest absolute Gasteiger partial charge is 0.272 e. The summed E-state index contributed by atoms with van der Waals surface area (Å²) in [5, 5.41) is 15.7. The highest BCUT2D eigenvalue weighted by Gasteiger charge is 2.11. The lowest BCUT2D eigenvalue weighted by molar-refractivity contribution is 0.0950. The molecule has 5 nitrogen and oxygen atoms in total. The summed E-state index contributed by atoms with van der Waals surface area (Å²) in [5.74, 6) is -0.341. The first-order valence-electron chi connectivity index (χ1n) is 10.1. The Morgan fingerprint density at radius 3 is 2.23 bits per heavy atom. The highest BCUT2D eigenvalue weighted by molar-refractivity contribution is 6.13. The molecule has 1 heterocycles. The molecule has 0 unspecified atom stereocenters. The number of hydrazone groups is 1. The highest BCUT2D eigenvalue weighted by Crippen LogP contribution is 2.27. The molecule has 0 saturated carbocycles. The quantitative estimate of drug-likeness (QED) is 0.237. The van der Waals surface area contributed by atoms with Gasteiger partial charge in [0.1, 0.15) is 5.69 Å². The van der Waals surface area contributed by atoms with Gasteiger partial charge in [-0.25, -0.2) is 5.43 Å². The molecule has 0 aliphatic carbocycles. The van der Waals surface area contributed by atoms with Crippen molar-refractivity contribution in [1.29, 1.82) is 0 Å². The van der Waals surface area contributed by atoms with E-state index < -0.39 is 0 Å². The normalized spacial score (nSPS) is 11.4. The van der Waals surface area contributed by atoms with Gasteiger partial charge >= 0.3 is 0 Å². The Kier molecular flexibility index (Phi) is 4.77. The molecule has 0 bridgehead atoms. The van der Waals surface area contributed by atoms with Crippen LogP contribution in [-0.4, -0.2) is 22.3 Å². The molecule has 0 saturated heterocycles. The van der Waals surface area contributed by atoms with Gasteiger partial charge in [-0.2, -0.15) is 10.2 Å². The third kappa shape index (κ3) is 3.69. The minimum absolute atomic E-state index is 0.341. The van der Waals surface area contributed by atoms with Gasteiger partial charge in [0.25, 0.3) is 5.91 Å². The average molecular weight is 404 g/mol. The van der Waals surface area contributed by atoms with E-state index >= 15 is 0 Å². The van der Waals surface area contributed by atoms with E-state index in [0.29, 0.717) is 11.4 Å². The molecule has 31 heavy (non-hydrogen) atoms. The lowest BCUT2D eigenvalue weighted by Gasteiger charge is -2.07. The number of aromatic nitrogens is 2. The zero-order valence-electron chi connectivity index (χ0n) is 17.0. The van der Waals surface area contributed by atoms with Gasteiger partial charge in [0.05, 0.1) is 11.9 Å². The van der Waals surface area contributed by atoms with Crippen LogP contribution in [0.4, 0.5) is 0 Å². The minimum atomic E-state index is -0.341. The summed E-state index contributed by atoms with van der Waals surface area (Å²) in [4.78, 5) is 12.6. The molecule has 0 radical (unpaired) electrons. The maximum Gasteiger partial charge on any atom is 0.289 e. The number of amides is 1. The molecule has 5 rings (SSSR count). The van der Waals surface area contributed by atoms with E-state index in [4.69, 9.17) is 0 Å². The number of benzene rings is 4. The minimum Gasteiger partial charge on any atom is -0.272 e. The number of nitrogens with zero attached hydrogens (tertiary/aromatic N) is 2. The van der Waals surface area contributed by atoms with Gasteiger partial charge in [-0.05, 0) is 40.6 Å². The number of nitrogens with one attached hydrogen (secondary N) is 2. The molecule has 0 aliphatic rings. The van der Waals surface area contributed by atoms with Gasteiger partial charge in [-0.15, -0.1) is 0 Å². The van der Waals surface area contributed by atoms with Gasteiger partial charge < -0.3 is 0 Å². The summed E-state index contributed by atoms with van der Waals surface area (Å²) in [6, 6.07) is 28.2. The Bertz CT molecular complexity index is 1380. The second-order valence-electron chi connectivity index (χ2n) is 7.46. The Hall–Kier alpha value is -4.25. The lowest BCUT2D eigenvalue weighted by atomic mass is 9.97. The maximum atomic E-state index is 12.6. The van der Waals surface area contributed by atoms with Crippen molar-refractivity contribution in [2.45, 2.75) is 6.92 Å². The molecule has 1 aromatic heterocycles. The van der Waals surface area contributed by atoms with E-state index in [1.807, 2.05) is 55.5 Å². The standard InChI is InChI=1S/C26H20N4O/c1-17-10-12-18(13-11-17)24-15-25(29-28-24)26(31)30-27-16-23-21-8-4-2-6-19(21)14-20-7-3-5-9-22(20)23/h2-16H,1H3,(H,28,29)(H,30,31). The number of aryl methyl sites for hydroxylation is 1. The molecule has 0 aliphatic heterocycles. The van der Waals surface area contributed by atoms with Crippen molar-refractivity contribution in [3.63, 3.8) is 0 Å². The molecule has 150 valence electrons. The Morgan fingerprint density at radius 1 is 0.903 bits per heavy atom. The first-order valence-corrected chi connectivity index (χ1v) is 10.1. The predicted octanol–water partition coefficient (Wildman–Crippen LogP) is 5.46. The Balaban J connectivity index is 1.41. The lowest BCUT2D eigenvalue weighted by Crippen LogP contribution is -2.18.